The summed E-state index contributed by atoms with van der Waals surface area (Å²) < 4.78 is 1.98. The van der Waals surface area contributed by atoms with Gasteiger partial charge in [-0.2, -0.15) is 0 Å². The van der Waals surface area contributed by atoms with Crippen LogP contribution >= 0.6 is 23.4 Å². The quantitative estimate of drug-likeness (QED) is 0.703. The van der Waals surface area contributed by atoms with E-state index in [2.05, 4.69) is 15.6 Å². The highest BCUT2D eigenvalue weighted by molar-refractivity contribution is 8.01. The molecule has 1 aromatic carbocycles. The van der Waals surface area contributed by atoms with Crippen molar-refractivity contribution in [1.29, 1.82) is 0 Å². The van der Waals surface area contributed by atoms with Crippen molar-refractivity contribution in [2.75, 3.05) is 5.32 Å². The van der Waals surface area contributed by atoms with E-state index in [1.54, 1.807) is 12.1 Å². The Morgan fingerprint density at radius 2 is 2.22 bits per heavy atom. The Morgan fingerprint density at radius 3 is 3.04 bits per heavy atom. The summed E-state index contributed by atoms with van der Waals surface area (Å²) >= 11 is 7.33. The third-order valence-corrected chi connectivity index (χ3v) is 5.85. The van der Waals surface area contributed by atoms with Crippen LogP contribution in [0.4, 0.5) is 5.69 Å². The molecule has 4 rings (SSSR count). The molecule has 0 fully saturated rings. The number of amides is 2. The number of aromatic nitrogens is 2. The average Bonchev–Trinajstić information content (AvgIpc) is 3.05. The molecule has 1 aliphatic heterocycles. The number of hydrogen-bond acceptors (Lipinski definition) is 4. The molecule has 2 aromatic heterocycles. The van der Waals surface area contributed by atoms with Gasteiger partial charge in [0.05, 0.1) is 23.2 Å². The Hall–Kier alpha value is -2.51. The van der Waals surface area contributed by atoms with E-state index in [-0.39, 0.29) is 18.2 Å². The summed E-state index contributed by atoms with van der Waals surface area (Å²) in [7, 11) is 0. The van der Waals surface area contributed by atoms with Crippen molar-refractivity contribution in [3.8, 4) is 0 Å². The van der Waals surface area contributed by atoms with E-state index in [1.807, 2.05) is 41.8 Å². The van der Waals surface area contributed by atoms with Gasteiger partial charge in [-0.3, -0.25) is 9.59 Å². The van der Waals surface area contributed by atoms with Gasteiger partial charge in [-0.15, -0.1) is 11.8 Å². The summed E-state index contributed by atoms with van der Waals surface area (Å²) in [6, 6.07) is 11.2. The van der Waals surface area contributed by atoms with Crippen LogP contribution in [0.1, 0.15) is 17.8 Å². The van der Waals surface area contributed by atoms with Gasteiger partial charge in [0, 0.05) is 28.2 Å². The highest BCUT2D eigenvalue weighted by atomic mass is 35.5. The highest BCUT2D eigenvalue weighted by Crippen LogP contribution is 2.38. The van der Waals surface area contributed by atoms with Crippen LogP contribution in [0, 0.1) is 6.92 Å². The average molecular weight is 401 g/mol. The van der Waals surface area contributed by atoms with E-state index in [9.17, 15) is 9.59 Å². The number of carbonyl (C=O) groups excluding carboxylic acids is 2. The van der Waals surface area contributed by atoms with Crippen molar-refractivity contribution in [2.45, 2.75) is 30.0 Å². The molecule has 1 unspecified atom stereocenters. The number of aryl methyl sites for hydroxylation is 1. The number of carbonyl (C=O) groups is 2. The Balaban J connectivity index is 1.38. The van der Waals surface area contributed by atoms with Crippen molar-refractivity contribution < 1.29 is 9.59 Å². The molecule has 2 amide bonds. The number of nitrogens with one attached hydrogen (secondary N) is 2. The zero-order chi connectivity index (χ0) is 19.0. The van der Waals surface area contributed by atoms with E-state index >= 15 is 0 Å². The zero-order valence-electron chi connectivity index (χ0n) is 14.5. The second kappa shape index (κ2) is 7.25. The van der Waals surface area contributed by atoms with Gasteiger partial charge < -0.3 is 15.0 Å². The second-order valence-corrected chi connectivity index (χ2v) is 8.03. The first kappa shape index (κ1) is 17.9. The van der Waals surface area contributed by atoms with E-state index in [1.165, 1.54) is 11.8 Å². The van der Waals surface area contributed by atoms with E-state index in [0.717, 1.165) is 21.9 Å². The molecule has 0 aliphatic carbocycles. The summed E-state index contributed by atoms with van der Waals surface area (Å²) in [6.07, 6.45) is 2.01. The van der Waals surface area contributed by atoms with Crippen LogP contribution in [0.25, 0.3) is 5.65 Å². The SMILES string of the molecule is Cc1cccc2nc(CNC(=O)CC3Sc4ccc(Cl)cc4NC3=O)cn12. The number of thioether (sulfide) groups is 1. The molecule has 138 valence electrons. The first-order valence-corrected chi connectivity index (χ1v) is 9.73. The molecule has 3 aromatic rings. The molecule has 8 heteroatoms. The molecule has 0 radical (unpaired) electrons. The molecular weight excluding hydrogens is 384 g/mol. The molecule has 27 heavy (non-hydrogen) atoms. The van der Waals surface area contributed by atoms with E-state index < -0.39 is 5.25 Å². The summed E-state index contributed by atoms with van der Waals surface area (Å²) in [5.74, 6) is -0.373. The fourth-order valence-corrected chi connectivity index (χ4v) is 4.23. The number of halogens is 1. The zero-order valence-corrected chi connectivity index (χ0v) is 16.1. The number of nitrogens with zero attached hydrogens (tertiary/aromatic N) is 2. The number of hydrogen-bond donors (Lipinski definition) is 2. The van der Waals surface area contributed by atoms with Crippen LogP contribution in [0.5, 0.6) is 0 Å². The molecule has 0 saturated heterocycles. The minimum atomic E-state index is -0.470. The van der Waals surface area contributed by atoms with Crippen LogP contribution in [-0.2, 0) is 16.1 Å². The second-order valence-electron chi connectivity index (χ2n) is 6.34. The predicted molar refractivity (Wildman–Crippen MR) is 106 cm³/mol. The third kappa shape index (κ3) is 3.79. The van der Waals surface area contributed by atoms with Gasteiger partial charge in [-0.1, -0.05) is 17.7 Å². The molecule has 1 atom stereocenters. The number of rotatable bonds is 4. The monoisotopic (exact) mass is 400 g/mol. The minimum absolute atomic E-state index is 0.102. The topological polar surface area (TPSA) is 75.5 Å². The summed E-state index contributed by atoms with van der Waals surface area (Å²) in [6.45, 7) is 2.33. The van der Waals surface area contributed by atoms with E-state index in [0.29, 0.717) is 17.3 Å². The lowest BCUT2D eigenvalue weighted by Gasteiger charge is -2.23. The lowest BCUT2D eigenvalue weighted by molar-refractivity contribution is -0.124. The Bertz CT molecular complexity index is 1050. The molecule has 0 spiro atoms. The first-order valence-electron chi connectivity index (χ1n) is 8.47. The molecule has 6 nitrogen and oxygen atoms in total. The standard InChI is InChI=1S/C19H17ClN4O2S/c1-11-3-2-4-17-22-13(10-24(11)17)9-21-18(25)8-16-19(26)23-14-7-12(20)5-6-15(14)27-16/h2-7,10,16H,8-9H2,1H3,(H,21,25)(H,23,26). The highest BCUT2D eigenvalue weighted by Gasteiger charge is 2.29. The van der Waals surface area contributed by atoms with Gasteiger partial charge in [0.1, 0.15) is 5.65 Å². The van der Waals surface area contributed by atoms with E-state index in [4.69, 9.17) is 11.6 Å². The molecule has 3 heterocycles. The van der Waals surface area contributed by atoms with Gasteiger partial charge in [-0.25, -0.2) is 4.98 Å². The van der Waals surface area contributed by atoms with Crippen LogP contribution in [0.3, 0.4) is 0 Å². The maximum atomic E-state index is 12.3. The number of fused-ring (bicyclic) bond motifs is 2. The summed E-state index contributed by atoms with van der Waals surface area (Å²) in [5.41, 5.74) is 3.39. The van der Waals surface area contributed by atoms with Crippen LogP contribution in [0.15, 0.2) is 47.5 Å². The maximum Gasteiger partial charge on any atom is 0.238 e. The van der Waals surface area contributed by atoms with Crippen LogP contribution in [-0.4, -0.2) is 26.4 Å². The largest absolute Gasteiger partial charge is 0.350 e. The molecule has 0 bridgehead atoms. The molecule has 2 N–H and O–H groups in total. The molecular formula is C19H17ClN4O2S. The van der Waals surface area contributed by atoms with Crippen LogP contribution in [0.2, 0.25) is 5.02 Å². The number of anilines is 1. The predicted octanol–water partition coefficient (Wildman–Crippen LogP) is 3.42. The van der Waals surface area contributed by atoms with Crippen molar-refractivity contribution in [2.24, 2.45) is 0 Å². The van der Waals surface area contributed by atoms with Crippen molar-refractivity contribution in [1.82, 2.24) is 14.7 Å². The van der Waals surface area contributed by atoms with Gasteiger partial charge in [0.2, 0.25) is 11.8 Å². The van der Waals surface area contributed by atoms with Gasteiger partial charge >= 0.3 is 0 Å². The number of imidazole rings is 1. The number of benzene rings is 1. The Kier molecular flexibility index (Phi) is 4.80. The summed E-state index contributed by atoms with van der Waals surface area (Å²) in [5, 5.41) is 5.76. The lowest BCUT2D eigenvalue weighted by atomic mass is 10.2. The minimum Gasteiger partial charge on any atom is -0.350 e. The van der Waals surface area contributed by atoms with Crippen molar-refractivity contribution >= 4 is 46.5 Å². The van der Waals surface area contributed by atoms with Crippen molar-refractivity contribution in [3.63, 3.8) is 0 Å². The fourth-order valence-electron chi connectivity index (χ4n) is 2.97. The first-order chi connectivity index (χ1) is 13.0. The Labute approximate surface area is 165 Å². The smallest absolute Gasteiger partial charge is 0.238 e. The Morgan fingerprint density at radius 1 is 1.37 bits per heavy atom. The third-order valence-electron chi connectivity index (χ3n) is 4.34. The molecule has 0 saturated carbocycles. The van der Waals surface area contributed by atoms with Gasteiger partial charge in [-0.05, 0) is 37.3 Å². The van der Waals surface area contributed by atoms with Gasteiger partial charge in [0.25, 0.3) is 0 Å². The van der Waals surface area contributed by atoms with Crippen LogP contribution < -0.4 is 10.6 Å². The van der Waals surface area contributed by atoms with Crippen molar-refractivity contribution in [3.05, 3.63) is 59.0 Å². The number of pyridine rings is 1. The maximum absolute atomic E-state index is 12.3. The summed E-state index contributed by atoms with van der Waals surface area (Å²) in [4.78, 5) is 30.0. The molecule has 1 aliphatic rings. The fraction of sp³-hybridized carbons (Fsp3) is 0.211. The normalized spacial score (nSPS) is 16.1. The lowest BCUT2D eigenvalue weighted by Crippen LogP contribution is -2.34. The van der Waals surface area contributed by atoms with Gasteiger partial charge in [0.15, 0.2) is 0 Å².